The van der Waals surface area contributed by atoms with Crippen LogP contribution in [0.4, 0.5) is 10.1 Å². The van der Waals surface area contributed by atoms with Gasteiger partial charge in [0.2, 0.25) is 5.91 Å². The van der Waals surface area contributed by atoms with Crippen molar-refractivity contribution in [2.24, 2.45) is 0 Å². The molecule has 0 saturated heterocycles. The van der Waals surface area contributed by atoms with Gasteiger partial charge in [0.1, 0.15) is 17.2 Å². The van der Waals surface area contributed by atoms with Crippen LogP contribution in [-0.2, 0) is 11.3 Å². The highest BCUT2D eigenvalue weighted by molar-refractivity contribution is 7.17. The predicted octanol–water partition coefficient (Wildman–Crippen LogP) is 4.52. The molecule has 5 nitrogen and oxygen atoms in total. The molecule has 2 heterocycles. The number of anilines is 1. The molecule has 0 bridgehead atoms. The van der Waals surface area contributed by atoms with Crippen LogP contribution in [0.25, 0.3) is 21.3 Å². The molecule has 2 aromatic heterocycles. The zero-order chi connectivity index (χ0) is 20.5. The molecule has 0 aliphatic heterocycles. The van der Waals surface area contributed by atoms with Crippen molar-refractivity contribution in [3.05, 3.63) is 81.5 Å². The number of hydrogen-bond donors (Lipinski definition) is 1. The first kappa shape index (κ1) is 19.0. The van der Waals surface area contributed by atoms with E-state index in [4.69, 9.17) is 0 Å². The summed E-state index contributed by atoms with van der Waals surface area (Å²) < 4.78 is 14.5. The Morgan fingerprint density at radius 3 is 2.69 bits per heavy atom. The molecule has 0 aliphatic carbocycles. The number of thiophene rings is 1. The summed E-state index contributed by atoms with van der Waals surface area (Å²) in [6.45, 7) is 3.76. The molecule has 7 heteroatoms. The number of aryl methyl sites for hydroxylation is 1. The number of aromatic nitrogens is 2. The van der Waals surface area contributed by atoms with E-state index >= 15 is 0 Å². The molecule has 4 rings (SSSR count). The van der Waals surface area contributed by atoms with Crippen molar-refractivity contribution in [3.8, 4) is 11.1 Å². The first-order valence-corrected chi connectivity index (χ1v) is 9.90. The third-order valence-electron chi connectivity index (χ3n) is 4.91. The van der Waals surface area contributed by atoms with E-state index < -0.39 is 0 Å². The lowest BCUT2D eigenvalue weighted by atomic mass is 10.1. The molecule has 0 fully saturated rings. The Hall–Kier alpha value is -3.32. The van der Waals surface area contributed by atoms with E-state index in [0.717, 1.165) is 22.4 Å². The monoisotopic (exact) mass is 407 g/mol. The molecule has 2 aromatic carbocycles. The molecular weight excluding hydrogens is 389 g/mol. The van der Waals surface area contributed by atoms with Crippen molar-refractivity contribution in [3.63, 3.8) is 0 Å². The Kier molecular flexibility index (Phi) is 4.98. The van der Waals surface area contributed by atoms with Crippen LogP contribution in [0.5, 0.6) is 0 Å². The first-order valence-electron chi connectivity index (χ1n) is 9.02. The molecule has 0 unspecified atom stereocenters. The highest BCUT2D eigenvalue weighted by atomic mass is 32.1. The Labute approximate surface area is 170 Å². The molecule has 0 saturated carbocycles. The van der Waals surface area contributed by atoms with Crippen LogP contribution in [0, 0.1) is 19.7 Å². The number of halogens is 1. The van der Waals surface area contributed by atoms with Crippen LogP contribution in [0.2, 0.25) is 0 Å². The third-order valence-corrected chi connectivity index (χ3v) is 5.79. The predicted molar refractivity (Wildman–Crippen MR) is 114 cm³/mol. The molecule has 0 spiro atoms. The number of nitrogens with zero attached hydrogens (tertiary/aromatic N) is 2. The van der Waals surface area contributed by atoms with Gasteiger partial charge < -0.3 is 5.32 Å². The Balaban J connectivity index is 1.66. The fourth-order valence-corrected chi connectivity index (χ4v) is 4.06. The summed E-state index contributed by atoms with van der Waals surface area (Å²) in [5, 5.41) is 5.12. The van der Waals surface area contributed by atoms with Gasteiger partial charge in [0.15, 0.2) is 0 Å². The highest BCUT2D eigenvalue weighted by Crippen LogP contribution is 2.30. The normalized spacial score (nSPS) is 11.0. The minimum atomic E-state index is -0.341. The van der Waals surface area contributed by atoms with Crippen LogP contribution in [0.15, 0.2) is 59.0 Å². The summed E-state index contributed by atoms with van der Waals surface area (Å²) in [6, 6.07) is 11.6. The number of carbonyl (C=O) groups is 1. The lowest BCUT2D eigenvalue weighted by molar-refractivity contribution is -0.116. The van der Waals surface area contributed by atoms with Crippen LogP contribution >= 0.6 is 11.3 Å². The first-order chi connectivity index (χ1) is 13.9. The van der Waals surface area contributed by atoms with Gasteiger partial charge in [0.05, 0.1) is 11.7 Å². The van der Waals surface area contributed by atoms with Crippen molar-refractivity contribution in [2.75, 3.05) is 5.32 Å². The van der Waals surface area contributed by atoms with Crippen molar-refractivity contribution in [2.45, 2.75) is 20.4 Å². The lowest BCUT2D eigenvalue weighted by Gasteiger charge is -2.11. The Morgan fingerprint density at radius 2 is 1.93 bits per heavy atom. The second-order valence-electron chi connectivity index (χ2n) is 6.81. The molecule has 0 radical (unpaired) electrons. The van der Waals surface area contributed by atoms with Crippen molar-refractivity contribution < 1.29 is 9.18 Å². The fourth-order valence-electron chi connectivity index (χ4n) is 3.15. The topological polar surface area (TPSA) is 64.0 Å². The summed E-state index contributed by atoms with van der Waals surface area (Å²) in [5.74, 6) is -0.646. The van der Waals surface area contributed by atoms with Gasteiger partial charge >= 0.3 is 0 Å². The second-order valence-corrected chi connectivity index (χ2v) is 7.67. The maximum absolute atomic E-state index is 13.2. The van der Waals surface area contributed by atoms with Gasteiger partial charge in [0, 0.05) is 16.6 Å². The average molecular weight is 407 g/mol. The van der Waals surface area contributed by atoms with Gasteiger partial charge in [-0.1, -0.05) is 24.3 Å². The Bertz CT molecular complexity index is 1280. The number of rotatable bonds is 4. The standard InChI is InChI=1S/C22H18FN3O2S/c1-13-4-3-5-18(14(13)2)25-19(27)10-26-12-24-21-20(22(26)28)17(11-29-21)15-6-8-16(23)9-7-15/h3-9,11-12H,10H2,1-2H3,(H,25,27). The van der Waals surface area contributed by atoms with E-state index in [1.54, 1.807) is 12.1 Å². The number of benzene rings is 2. The quantitative estimate of drug-likeness (QED) is 0.541. The largest absolute Gasteiger partial charge is 0.324 e. The van der Waals surface area contributed by atoms with Gasteiger partial charge in [-0.05, 0) is 48.7 Å². The third kappa shape index (κ3) is 3.69. The van der Waals surface area contributed by atoms with E-state index in [2.05, 4.69) is 10.3 Å². The van der Waals surface area contributed by atoms with E-state index in [9.17, 15) is 14.0 Å². The Morgan fingerprint density at radius 1 is 1.17 bits per heavy atom. The number of nitrogens with one attached hydrogen (secondary N) is 1. The molecular formula is C22H18FN3O2S. The number of fused-ring (bicyclic) bond motifs is 1. The second kappa shape index (κ2) is 7.60. The van der Waals surface area contributed by atoms with E-state index in [0.29, 0.717) is 15.8 Å². The highest BCUT2D eigenvalue weighted by Gasteiger charge is 2.15. The van der Waals surface area contributed by atoms with Gasteiger partial charge in [0.25, 0.3) is 5.56 Å². The van der Waals surface area contributed by atoms with Crippen LogP contribution in [0.3, 0.4) is 0 Å². The van der Waals surface area contributed by atoms with Crippen molar-refractivity contribution in [1.82, 2.24) is 9.55 Å². The summed E-state index contributed by atoms with van der Waals surface area (Å²) in [6.07, 6.45) is 1.39. The molecule has 146 valence electrons. The summed E-state index contributed by atoms with van der Waals surface area (Å²) in [5.41, 5.74) is 3.90. The SMILES string of the molecule is Cc1cccc(NC(=O)Cn2cnc3scc(-c4ccc(F)cc4)c3c2=O)c1C. The van der Waals surface area contributed by atoms with Crippen LogP contribution in [-0.4, -0.2) is 15.5 Å². The summed E-state index contributed by atoms with van der Waals surface area (Å²) in [7, 11) is 0. The molecule has 0 aliphatic rings. The average Bonchev–Trinajstić information content (AvgIpc) is 3.13. The van der Waals surface area contributed by atoms with Crippen molar-refractivity contribution in [1.29, 1.82) is 0 Å². The van der Waals surface area contributed by atoms with Gasteiger partial charge in [-0.15, -0.1) is 11.3 Å². The zero-order valence-corrected chi connectivity index (χ0v) is 16.7. The smallest absolute Gasteiger partial charge is 0.263 e. The van der Waals surface area contributed by atoms with Gasteiger partial charge in [-0.25, -0.2) is 9.37 Å². The summed E-state index contributed by atoms with van der Waals surface area (Å²) in [4.78, 5) is 30.5. The fraction of sp³-hybridized carbons (Fsp3) is 0.136. The van der Waals surface area contributed by atoms with Crippen LogP contribution in [0.1, 0.15) is 11.1 Å². The molecule has 4 aromatic rings. The van der Waals surface area contributed by atoms with Gasteiger partial charge in [-0.3, -0.25) is 14.2 Å². The minimum Gasteiger partial charge on any atom is -0.324 e. The zero-order valence-electron chi connectivity index (χ0n) is 15.9. The minimum absolute atomic E-state index is 0.145. The van der Waals surface area contributed by atoms with E-state index in [1.807, 2.05) is 37.4 Å². The number of carbonyl (C=O) groups excluding carboxylic acids is 1. The summed E-state index contributed by atoms with van der Waals surface area (Å²) >= 11 is 1.34. The molecule has 1 amide bonds. The van der Waals surface area contributed by atoms with E-state index in [-0.39, 0.29) is 23.8 Å². The molecule has 29 heavy (non-hydrogen) atoms. The van der Waals surface area contributed by atoms with E-state index in [1.165, 1.54) is 34.4 Å². The van der Waals surface area contributed by atoms with Gasteiger partial charge in [-0.2, -0.15) is 0 Å². The lowest BCUT2D eigenvalue weighted by Crippen LogP contribution is -2.28. The van der Waals surface area contributed by atoms with Crippen molar-refractivity contribution >= 4 is 33.1 Å². The maximum atomic E-state index is 13.2. The number of hydrogen-bond acceptors (Lipinski definition) is 4. The number of amides is 1. The molecule has 1 N–H and O–H groups in total. The van der Waals surface area contributed by atoms with Crippen LogP contribution < -0.4 is 10.9 Å². The maximum Gasteiger partial charge on any atom is 0.263 e. The molecule has 0 atom stereocenters.